The molecule has 2 rings (SSSR count). The summed E-state index contributed by atoms with van der Waals surface area (Å²) in [5.41, 5.74) is 8.35. The van der Waals surface area contributed by atoms with Crippen molar-refractivity contribution in [2.24, 2.45) is 5.73 Å². The second kappa shape index (κ2) is 5.46. The summed E-state index contributed by atoms with van der Waals surface area (Å²) < 4.78 is 1.61. The van der Waals surface area contributed by atoms with E-state index < -0.39 is 0 Å². The number of rotatable bonds is 4. The van der Waals surface area contributed by atoms with E-state index in [-0.39, 0.29) is 12.5 Å². The highest BCUT2D eigenvalue weighted by Gasteiger charge is 2.04. The maximum absolute atomic E-state index is 11.7. The van der Waals surface area contributed by atoms with Gasteiger partial charge >= 0.3 is 0 Å². The molecular weight excluding hydrogens is 228 g/mol. The zero-order valence-corrected chi connectivity index (χ0v) is 10.3. The van der Waals surface area contributed by atoms with Crippen molar-refractivity contribution in [3.05, 3.63) is 47.8 Å². The smallest absolute Gasteiger partial charge is 0.246 e. The monoisotopic (exact) mass is 244 g/mol. The minimum atomic E-state index is -0.0985. The fourth-order valence-electron chi connectivity index (χ4n) is 1.63. The average Bonchev–Trinajstić information content (AvgIpc) is 2.75. The summed E-state index contributed by atoms with van der Waals surface area (Å²) in [7, 11) is 0. The fraction of sp³-hybridized carbons (Fsp3) is 0.231. The molecule has 2 aromatic rings. The average molecular weight is 244 g/mol. The van der Waals surface area contributed by atoms with Crippen molar-refractivity contribution in [3.63, 3.8) is 0 Å². The van der Waals surface area contributed by atoms with Crippen LogP contribution in [0.5, 0.6) is 0 Å². The minimum absolute atomic E-state index is 0.0985. The second-order valence-electron chi connectivity index (χ2n) is 4.16. The highest BCUT2D eigenvalue weighted by molar-refractivity contribution is 5.90. The summed E-state index contributed by atoms with van der Waals surface area (Å²) in [5.74, 6) is -0.0985. The van der Waals surface area contributed by atoms with Crippen LogP contribution in [0.4, 0.5) is 5.69 Å². The SMILES string of the molecule is Cc1cnn(CC(=O)Nc2ccc(CN)cc2)c1. The molecule has 5 heteroatoms. The number of anilines is 1. The van der Waals surface area contributed by atoms with E-state index in [2.05, 4.69) is 10.4 Å². The van der Waals surface area contributed by atoms with Crippen LogP contribution in [-0.2, 0) is 17.9 Å². The number of benzene rings is 1. The number of hydrogen-bond acceptors (Lipinski definition) is 3. The van der Waals surface area contributed by atoms with E-state index in [9.17, 15) is 4.79 Å². The van der Waals surface area contributed by atoms with Crippen LogP contribution < -0.4 is 11.1 Å². The standard InChI is InChI=1S/C13H16N4O/c1-10-7-15-17(8-10)9-13(18)16-12-4-2-11(6-14)3-5-12/h2-5,7-8H,6,9,14H2,1H3,(H,16,18). The zero-order valence-electron chi connectivity index (χ0n) is 10.3. The molecule has 0 aliphatic heterocycles. The Bertz CT molecular complexity index is 530. The van der Waals surface area contributed by atoms with E-state index in [1.807, 2.05) is 37.4 Å². The van der Waals surface area contributed by atoms with E-state index in [1.165, 1.54) is 0 Å². The van der Waals surface area contributed by atoms with Gasteiger partial charge in [0.2, 0.25) is 5.91 Å². The van der Waals surface area contributed by atoms with Gasteiger partial charge < -0.3 is 11.1 Å². The van der Waals surface area contributed by atoms with Crippen LogP contribution in [0.2, 0.25) is 0 Å². The van der Waals surface area contributed by atoms with Crippen LogP contribution in [-0.4, -0.2) is 15.7 Å². The molecule has 94 valence electrons. The van der Waals surface area contributed by atoms with Crippen molar-refractivity contribution in [1.29, 1.82) is 0 Å². The Hall–Kier alpha value is -2.14. The molecule has 0 bridgehead atoms. The highest BCUT2D eigenvalue weighted by Crippen LogP contribution is 2.09. The number of nitrogens with one attached hydrogen (secondary N) is 1. The number of amides is 1. The summed E-state index contributed by atoms with van der Waals surface area (Å²) >= 11 is 0. The molecule has 0 radical (unpaired) electrons. The van der Waals surface area contributed by atoms with Crippen LogP contribution in [0, 0.1) is 6.92 Å². The van der Waals surface area contributed by atoms with Gasteiger partial charge in [-0.2, -0.15) is 5.10 Å². The minimum Gasteiger partial charge on any atom is -0.326 e. The van der Waals surface area contributed by atoms with Gasteiger partial charge in [-0.15, -0.1) is 0 Å². The molecule has 0 fully saturated rings. The fourth-order valence-corrected chi connectivity index (χ4v) is 1.63. The first kappa shape index (κ1) is 12.3. The summed E-state index contributed by atoms with van der Waals surface area (Å²) in [6, 6.07) is 7.48. The second-order valence-corrected chi connectivity index (χ2v) is 4.16. The van der Waals surface area contributed by atoms with Crippen molar-refractivity contribution in [3.8, 4) is 0 Å². The van der Waals surface area contributed by atoms with Crippen molar-refractivity contribution in [2.45, 2.75) is 20.0 Å². The third-order valence-corrected chi connectivity index (χ3v) is 2.54. The molecule has 1 aromatic heterocycles. The first-order chi connectivity index (χ1) is 8.67. The quantitative estimate of drug-likeness (QED) is 0.851. The molecule has 1 amide bonds. The molecule has 0 saturated carbocycles. The molecule has 1 heterocycles. The highest BCUT2D eigenvalue weighted by atomic mass is 16.2. The van der Waals surface area contributed by atoms with Gasteiger partial charge in [0.1, 0.15) is 6.54 Å². The van der Waals surface area contributed by atoms with Gasteiger partial charge in [-0.1, -0.05) is 12.1 Å². The lowest BCUT2D eigenvalue weighted by molar-refractivity contribution is -0.116. The molecule has 0 aliphatic rings. The number of aryl methyl sites for hydroxylation is 1. The Morgan fingerprint density at radius 2 is 2.11 bits per heavy atom. The van der Waals surface area contributed by atoms with Crippen molar-refractivity contribution < 1.29 is 4.79 Å². The molecule has 0 unspecified atom stereocenters. The molecule has 18 heavy (non-hydrogen) atoms. The van der Waals surface area contributed by atoms with Crippen LogP contribution >= 0.6 is 0 Å². The first-order valence-corrected chi connectivity index (χ1v) is 5.75. The normalized spacial score (nSPS) is 10.3. The molecule has 1 aromatic carbocycles. The first-order valence-electron chi connectivity index (χ1n) is 5.75. The number of nitrogens with zero attached hydrogens (tertiary/aromatic N) is 2. The van der Waals surface area contributed by atoms with Gasteiger partial charge in [-0.25, -0.2) is 0 Å². The van der Waals surface area contributed by atoms with Gasteiger partial charge in [0.15, 0.2) is 0 Å². The summed E-state index contributed by atoms with van der Waals surface area (Å²) in [6.45, 7) is 2.65. The third kappa shape index (κ3) is 3.18. The van der Waals surface area contributed by atoms with Crippen LogP contribution in [0.15, 0.2) is 36.7 Å². The van der Waals surface area contributed by atoms with Crippen molar-refractivity contribution in [1.82, 2.24) is 9.78 Å². The van der Waals surface area contributed by atoms with E-state index in [0.717, 1.165) is 16.8 Å². The molecule has 0 aliphatic carbocycles. The number of nitrogens with two attached hydrogens (primary N) is 1. The van der Waals surface area contributed by atoms with Crippen LogP contribution in [0.3, 0.4) is 0 Å². The van der Waals surface area contributed by atoms with Gasteiger partial charge in [-0.05, 0) is 30.2 Å². The zero-order chi connectivity index (χ0) is 13.0. The van der Waals surface area contributed by atoms with Crippen molar-refractivity contribution in [2.75, 3.05) is 5.32 Å². The molecule has 5 nitrogen and oxygen atoms in total. The summed E-state index contributed by atoms with van der Waals surface area (Å²) in [5, 5.41) is 6.87. The summed E-state index contributed by atoms with van der Waals surface area (Å²) in [4.78, 5) is 11.7. The van der Waals surface area contributed by atoms with E-state index >= 15 is 0 Å². The predicted molar refractivity (Wildman–Crippen MR) is 69.9 cm³/mol. The molecule has 0 saturated heterocycles. The Morgan fingerprint density at radius 1 is 1.39 bits per heavy atom. The summed E-state index contributed by atoms with van der Waals surface area (Å²) in [6.07, 6.45) is 3.56. The third-order valence-electron chi connectivity index (χ3n) is 2.54. The van der Waals surface area contributed by atoms with Gasteiger partial charge in [-0.3, -0.25) is 9.48 Å². The number of hydrogen-bond donors (Lipinski definition) is 2. The maximum atomic E-state index is 11.7. The van der Waals surface area contributed by atoms with Gasteiger partial charge in [0.05, 0.1) is 6.20 Å². The lowest BCUT2D eigenvalue weighted by Crippen LogP contribution is -2.19. The van der Waals surface area contributed by atoms with Gasteiger partial charge in [0.25, 0.3) is 0 Å². The molecule has 0 atom stereocenters. The Morgan fingerprint density at radius 3 is 2.67 bits per heavy atom. The number of carbonyl (C=O) groups excluding carboxylic acids is 1. The predicted octanol–water partition coefficient (Wildman–Crippen LogP) is 1.29. The van der Waals surface area contributed by atoms with Crippen molar-refractivity contribution >= 4 is 11.6 Å². The number of carbonyl (C=O) groups is 1. The van der Waals surface area contributed by atoms with E-state index in [4.69, 9.17) is 5.73 Å². The Kier molecular flexibility index (Phi) is 3.74. The number of aromatic nitrogens is 2. The maximum Gasteiger partial charge on any atom is 0.246 e. The lowest BCUT2D eigenvalue weighted by atomic mass is 10.2. The topological polar surface area (TPSA) is 72.9 Å². The lowest BCUT2D eigenvalue weighted by Gasteiger charge is -2.06. The van der Waals surface area contributed by atoms with E-state index in [1.54, 1.807) is 10.9 Å². The molecular formula is C13H16N4O. The van der Waals surface area contributed by atoms with Crippen LogP contribution in [0.25, 0.3) is 0 Å². The Balaban J connectivity index is 1.94. The van der Waals surface area contributed by atoms with Gasteiger partial charge in [0, 0.05) is 18.4 Å². The largest absolute Gasteiger partial charge is 0.326 e. The Labute approximate surface area is 106 Å². The van der Waals surface area contributed by atoms with Crippen LogP contribution in [0.1, 0.15) is 11.1 Å². The molecule has 0 spiro atoms. The van der Waals surface area contributed by atoms with E-state index in [0.29, 0.717) is 6.54 Å². The molecule has 3 N–H and O–H groups in total.